The van der Waals surface area contributed by atoms with Crippen molar-refractivity contribution in [3.05, 3.63) is 84.1 Å². The number of benzene rings is 1. The van der Waals surface area contributed by atoms with Crippen LogP contribution in [0.15, 0.2) is 71.5 Å². The number of nitriles is 1. The predicted molar refractivity (Wildman–Crippen MR) is 94.8 cm³/mol. The van der Waals surface area contributed by atoms with Crippen LogP contribution >= 0.6 is 0 Å². The van der Waals surface area contributed by atoms with Gasteiger partial charge in [-0.2, -0.15) is 5.26 Å². The van der Waals surface area contributed by atoms with E-state index in [0.29, 0.717) is 11.4 Å². The van der Waals surface area contributed by atoms with E-state index in [1.54, 1.807) is 61.6 Å². The third-order valence-electron chi connectivity index (χ3n) is 3.94. The van der Waals surface area contributed by atoms with Crippen LogP contribution in [0, 0.1) is 11.3 Å². The minimum Gasteiger partial charge on any atom is -0.459 e. The van der Waals surface area contributed by atoms with E-state index in [1.807, 2.05) is 6.07 Å². The molecular weight excluding hydrogens is 330 g/mol. The van der Waals surface area contributed by atoms with Gasteiger partial charge >= 0.3 is 0 Å². The van der Waals surface area contributed by atoms with E-state index in [2.05, 4.69) is 4.98 Å². The van der Waals surface area contributed by atoms with Crippen LogP contribution in [-0.2, 0) is 0 Å². The maximum Gasteiger partial charge on any atom is 0.293 e. The summed E-state index contributed by atoms with van der Waals surface area (Å²) in [7, 11) is 1.55. The van der Waals surface area contributed by atoms with Gasteiger partial charge in [-0.15, -0.1) is 0 Å². The number of pyridine rings is 1. The Morgan fingerprint density at radius 1 is 1.12 bits per heavy atom. The molecule has 1 amide bonds. The van der Waals surface area contributed by atoms with Crippen LogP contribution in [0.5, 0.6) is 0 Å². The van der Waals surface area contributed by atoms with Crippen LogP contribution in [0.3, 0.4) is 0 Å². The number of para-hydroxylation sites is 1. The molecule has 2 aromatic heterocycles. The average molecular weight is 345 g/mol. The van der Waals surface area contributed by atoms with Crippen molar-refractivity contribution in [3.63, 3.8) is 0 Å². The van der Waals surface area contributed by atoms with Gasteiger partial charge in [0.1, 0.15) is 0 Å². The molecule has 0 radical (unpaired) electrons. The summed E-state index contributed by atoms with van der Waals surface area (Å²) < 4.78 is 5.14. The highest BCUT2D eigenvalue weighted by Gasteiger charge is 2.27. The molecule has 0 aliphatic heterocycles. The Hall–Kier alpha value is -3.72. The molecule has 1 aromatic carbocycles. The molecule has 0 N–H and O–H groups in total. The molecule has 0 bridgehead atoms. The van der Waals surface area contributed by atoms with E-state index in [-0.39, 0.29) is 17.2 Å². The van der Waals surface area contributed by atoms with Crippen molar-refractivity contribution in [1.29, 1.82) is 5.26 Å². The lowest BCUT2D eigenvalue weighted by molar-refractivity contribution is 0.0966. The molecular formula is C20H15N3O3. The van der Waals surface area contributed by atoms with Crippen molar-refractivity contribution in [3.8, 4) is 6.07 Å². The van der Waals surface area contributed by atoms with Gasteiger partial charge in [-0.1, -0.05) is 18.2 Å². The van der Waals surface area contributed by atoms with Gasteiger partial charge in [-0.05, 0) is 36.4 Å². The van der Waals surface area contributed by atoms with Gasteiger partial charge in [-0.25, -0.2) is 0 Å². The van der Waals surface area contributed by atoms with Crippen LogP contribution in [0.2, 0.25) is 0 Å². The quantitative estimate of drug-likeness (QED) is 0.661. The minimum absolute atomic E-state index is 0.163. The Kier molecular flexibility index (Phi) is 4.90. The molecule has 0 fully saturated rings. The number of aromatic nitrogens is 1. The number of carbonyl (C=O) groups is 2. The normalized spacial score (nSPS) is 11.4. The second-order valence-electron chi connectivity index (χ2n) is 5.54. The second-order valence-corrected chi connectivity index (χ2v) is 5.54. The lowest BCUT2D eigenvalue weighted by atomic mass is 9.94. The molecule has 3 aromatic rings. The zero-order chi connectivity index (χ0) is 18.5. The largest absolute Gasteiger partial charge is 0.459 e. The van der Waals surface area contributed by atoms with Crippen molar-refractivity contribution in [2.45, 2.75) is 5.92 Å². The fourth-order valence-electron chi connectivity index (χ4n) is 2.61. The maximum absolute atomic E-state index is 13.0. The Labute approximate surface area is 150 Å². The molecule has 2 heterocycles. The van der Waals surface area contributed by atoms with Gasteiger partial charge < -0.3 is 9.32 Å². The fourth-order valence-corrected chi connectivity index (χ4v) is 2.61. The number of carbonyl (C=O) groups excluding carboxylic acids is 2. The lowest BCUT2D eigenvalue weighted by Gasteiger charge is -2.20. The first-order valence-corrected chi connectivity index (χ1v) is 7.89. The summed E-state index contributed by atoms with van der Waals surface area (Å²) in [5.41, 5.74) is 1.04. The molecule has 6 heteroatoms. The number of ketones is 1. The molecule has 128 valence electrons. The topological polar surface area (TPSA) is 87.2 Å². The SMILES string of the molecule is CN(C(=O)c1ccco1)c1ccccc1C(=O)C(C#N)c1ccccn1. The van der Waals surface area contributed by atoms with Crippen LogP contribution in [0.1, 0.15) is 32.5 Å². The summed E-state index contributed by atoms with van der Waals surface area (Å²) in [5.74, 6) is -1.69. The molecule has 0 aliphatic carbocycles. The highest BCUT2D eigenvalue weighted by molar-refractivity contribution is 6.11. The van der Waals surface area contributed by atoms with Gasteiger partial charge in [0.2, 0.25) is 0 Å². The van der Waals surface area contributed by atoms with Gasteiger partial charge in [-0.3, -0.25) is 14.6 Å². The number of nitrogens with zero attached hydrogens (tertiary/aromatic N) is 3. The molecule has 0 saturated carbocycles. The molecule has 0 spiro atoms. The Morgan fingerprint density at radius 2 is 1.88 bits per heavy atom. The minimum atomic E-state index is -1.05. The fraction of sp³-hybridized carbons (Fsp3) is 0.100. The first kappa shape index (κ1) is 17.1. The second kappa shape index (κ2) is 7.45. The highest BCUT2D eigenvalue weighted by Crippen LogP contribution is 2.27. The van der Waals surface area contributed by atoms with Crippen molar-refractivity contribution in [2.24, 2.45) is 0 Å². The zero-order valence-corrected chi connectivity index (χ0v) is 14.0. The smallest absolute Gasteiger partial charge is 0.293 e. The number of rotatable bonds is 5. The summed E-state index contributed by atoms with van der Waals surface area (Å²) in [6.45, 7) is 0. The zero-order valence-electron chi connectivity index (χ0n) is 14.0. The summed E-state index contributed by atoms with van der Waals surface area (Å²) in [4.78, 5) is 31.0. The van der Waals surface area contributed by atoms with Gasteiger partial charge in [0, 0.05) is 18.8 Å². The molecule has 0 aliphatic rings. The molecule has 26 heavy (non-hydrogen) atoms. The number of hydrogen-bond donors (Lipinski definition) is 0. The van der Waals surface area contributed by atoms with E-state index < -0.39 is 11.7 Å². The molecule has 0 saturated heterocycles. The Balaban J connectivity index is 1.98. The predicted octanol–water partition coefficient (Wildman–Crippen LogP) is 3.44. The van der Waals surface area contributed by atoms with Crippen LogP contribution in [0.25, 0.3) is 0 Å². The number of anilines is 1. The van der Waals surface area contributed by atoms with Crippen molar-refractivity contribution >= 4 is 17.4 Å². The highest BCUT2D eigenvalue weighted by atomic mass is 16.3. The van der Waals surface area contributed by atoms with Gasteiger partial charge in [0.15, 0.2) is 17.5 Å². The standard InChI is InChI=1S/C20H15N3O3/c1-23(20(25)18-10-6-12-26-18)17-9-3-2-7-14(17)19(24)15(13-21)16-8-4-5-11-22-16/h2-12,15H,1H3. The number of hydrogen-bond acceptors (Lipinski definition) is 5. The van der Waals surface area contributed by atoms with Crippen molar-refractivity contribution < 1.29 is 14.0 Å². The van der Waals surface area contributed by atoms with E-state index in [4.69, 9.17) is 4.42 Å². The average Bonchev–Trinajstić information content (AvgIpc) is 3.23. The summed E-state index contributed by atoms with van der Waals surface area (Å²) in [6.07, 6.45) is 2.94. The van der Waals surface area contributed by atoms with E-state index in [1.165, 1.54) is 17.4 Å². The summed E-state index contributed by atoms with van der Waals surface area (Å²) in [6, 6.07) is 16.9. The maximum atomic E-state index is 13.0. The lowest BCUT2D eigenvalue weighted by Crippen LogP contribution is -2.28. The van der Waals surface area contributed by atoms with E-state index in [0.717, 1.165) is 0 Å². The molecule has 3 rings (SSSR count). The van der Waals surface area contributed by atoms with Crippen molar-refractivity contribution in [2.75, 3.05) is 11.9 Å². The van der Waals surface area contributed by atoms with Crippen LogP contribution in [0.4, 0.5) is 5.69 Å². The third-order valence-corrected chi connectivity index (χ3v) is 3.94. The summed E-state index contributed by atoms with van der Waals surface area (Å²) in [5, 5.41) is 9.49. The summed E-state index contributed by atoms with van der Waals surface area (Å²) >= 11 is 0. The number of amides is 1. The van der Waals surface area contributed by atoms with Gasteiger partial charge in [0.05, 0.1) is 23.7 Å². The Bertz CT molecular complexity index is 959. The first-order chi connectivity index (χ1) is 12.6. The van der Waals surface area contributed by atoms with Crippen molar-refractivity contribution in [1.82, 2.24) is 4.98 Å². The third kappa shape index (κ3) is 3.23. The Morgan fingerprint density at radius 3 is 2.54 bits per heavy atom. The van der Waals surface area contributed by atoms with E-state index >= 15 is 0 Å². The molecule has 1 atom stereocenters. The number of furan rings is 1. The monoisotopic (exact) mass is 345 g/mol. The molecule has 6 nitrogen and oxygen atoms in total. The van der Waals surface area contributed by atoms with Crippen LogP contribution < -0.4 is 4.90 Å². The van der Waals surface area contributed by atoms with Crippen LogP contribution in [-0.4, -0.2) is 23.7 Å². The van der Waals surface area contributed by atoms with E-state index in [9.17, 15) is 14.9 Å². The first-order valence-electron chi connectivity index (χ1n) is 7.89. The molecule has 1 unspecified atom stereocenters. The number of Topliss-reactive ketones (excluding diaryl/α,β-unsaturated/α-hetero) is 1. The van der Waals surface area contributed by atoms with Gasteiger partial charge in [0.25, 0.3) is 5.91 Å².